The number of morpholine rings is 1. The van der Waals surface area contributed by atoms with E-state index < -0.39 is 0 Å². The molecule has 8 nitrogen and oxygen atoms in total. The van der Waals surface area contributed by atoms with Gasteiger partial charge in [-0.25, -0.2) is 0 Å². The van der Waals surface area contributed by atoms with Crippen LogP contribution in [-0.2, 0) is 9.53 Å². The molecule has 8 heteroatoms. The van der Waals surface area contributed by atoms with E-state index in [1.54, 1.807) is 0 Å². The number of ether oxygens (including phenoxy) is 1. The van der Waals surface area contributed by atoms with Gasteiger partial charge in [-0.05, 0) is 19.8 Å². The highest BCUT2D eigenvalue weighted by atomic mass is 16.5. The van der Waals surface area contributed by atoms with E-state index in [1.807, 2.05) is 4.90 Å². The lowest BCUT2D eigenvalue weighted by Crippen LogP contribution is -2.51. The van der Waals surface area contributed by atoms with Gasteiger partial charge in [-0.1, -0.05) is 5.16 Å². The summed E-state index contributed by atoms with van der Waals surface area (Å²) in [5.74, 6) is 2.33. The van der Waals surface area contributed by atoms with Crippen LogP contribution in [-0.4, -0.2) is 89.8 Å². The SMILES string of the molecule is C[C@@H](c1nc(C2CC2)no1)N1CCN(CC(=O)N2CCOCC2)CC1. The molecule has 0 radical (unpaired) electrons. The second-order valence-electron chi connectivity index (χ2n) is 7.25. The third kappa shape index (κ3) is 4.02. The van der Waals surface area contributed by atoms with Crippen LogP contribution in [0.5, 0.6) is 0 Å². The van der Waals surface area contributed by atoms with Gasteiger partial charge in [-0.3, -0.25) is 14.6 Å². The maximum atomic E-state index is 12.4. The average molecular weight is 349 g/mol. The fraction of sp³-hybridized carbons (Fsp3) is 0.824. The Morgan fingerprint density at radius 2 is 1.88 bits per heavy atom. The van der Waals surface area contributed by atoms with Crippen molar-refractivity contribution in [3.63, 3.8) is 0 Å². The first-order valence-corrected chi connectivity index (χ1v) is 9.36. The minimum Gasteiger partial charge on any atom is -0.378 e. The molecule has 1 atom stereocenters. The van der Waals surface area contributed by atoms with Crippen molar-refractivity contribution in [1.82, 2.24) is 24.8 Å². The summed E-state index contributed by atoms with van der Waals surface area (Å²) >= 11 is 0. The van der Waals surface area contributed by atoms with Gasteiger partial charge in [0.05, 0.1) is 25.8 Å². The molecule has 3 heterocycles. The van der Waals surface area contributed by atoms with Crippen LogP contribution in [0.2, 0.25) is 0 Å². The fourth-order valence-electron chi connectivity index (χ4n) is 3.49. The van der Waals surface area contributed by atoms with Gasteiger partial charge in [0.25, 0.3) is 0 Å². The first-order chi connectivity index (χ1) is 12.2. The van der Waals surface area contributed by atoms with Gasteiger partial charge in [0.1, 0.15) is 0 Å². The van der Waals surface area contributed by atoms with Crippen LogP contribution in [0.3, 0.4) is 0 Å². The van der Waals surface area contributed by atoms with Crippen LogP contribution >= 0.6 is 0 Å². The Bertz CT molecular complexity index is 589. The molecule has 1 aromatic rings. The highest BCUT2D eigenvalue weighted by molar-refractivity contribution is 5.78. The number of rotatable bonds is 5. The summed E-state index contributed by atoms with van der Waals surface area (Å²) in [6.07, 6.45) is 2.37. The Labute approximate surface area is 148 Å². The highest BCUT2D eigenvalue weighted by Gasteiger charge is 2.32. The summed E-state index contributed by atoms with van der Waals surface area (Å²) in [6.45, 7) is 9.00. The average Bonchev–Trinajstić information content (AvgIpc) is 3.39. The maximum absolute atomic E-state index is 12.4. The second kappa shape index (κ2) is 7.39. The topological polar surface area (TPSA) is 74.9 Å². The van der Waals surface area contributed by atoms with Crippen molar-refractivity contribution in [3.05, 3.63) is 11.7 Å². The summed E-state index contributed by atoms with van der Waals surface area (Å²) in [6, 6.07) is 0.136. The lowest BCUT2D eigenvalue weighted by molar-refractivity contribution is -0.137. The molecule has 1 aliphatic carbocycles. The Morgan fingerprint density at radius 3 is 2.56 bits per heavy atom. The first-order valence-electron chi connectivity index (χ1n) is 9.36. The van der Waals surface area contributed by atoms with Gasteiger partial charge in [0.2, 0.25) is 11.8 Å². The van der Waals surface area contributed by atoms with Crippen molar-refractivity contribution in [2.75, 3.05) is 59.0 Å². The quantitative estimate of drug-likeness (QED) is 0.765. The molecule has 138 valence electrons. The van der Waals surface area contributed by atoms with E-state index >= 15 is 0 Å². The smallest absolute Gasteiger partial charge is 0.243 e. The largest absolute Gasteiger partial charge is 0.378 e. The summed E-state index contributed by atoms with van der Waals surface area (Å²) in [4.78, 5) is 23.4. The van der Waals surface area contributed by atoms with Crippen molar-refractivity contribution in [2.45, 2.75) is 31.7 Å². The van der Waals surface area contributed by atoms with Crippen LogP contribution in [0.1, 0.15) is 43.4 Å². The molecule has 0 bridgehead atoms. The van der Waals surface area contributed by atoms with Crippen molar-refractivity contribution in [3.8, 4) is 0 Å². The molecule has 0 unspecified atom stereocenters. The lowest BCUT2D eigenvalue weighted by Gasteiger charge is -2.37. The van der Waals surface area contributed by atoms with Gasteiger partial charge in [0.15, 0.2) is 5.82 Å². The molecule has 3 fully saturated rings. The standard InChI is InChI=1S/C17H27N5O3/c1-13(17-18-16(19-25-17)14-2-3-14)21-6-4-20(5-7-21)12-15(23)22-8-10-24-11-9-22/h13-14H,2-12H2,1H3/t13-/m0/s1. The number of nitrogens with zero attached hydrogens (tertiary/aromatic N) is 5. The predicted octanol–water partition coefficient (Wildman–Crippen LogP) is 0.484. The summed E-state index contributed by atoms with van der Waals surface area (Å²) in [5, 5.41) is 4.12. The molecule has 0 spiro atoms. The Balaban J connectivity index is 1.25. The fourth-order valence-corrected chi connectivity index (χ4v) is 3.49. The van der Waals surface area contributed by atoms with Crippen molar-refractivity contribution in [2.24, 2.45) is 0 Å². The minimum absolute atomic E-state index is 0.136. The summed E-state index contributed by atoms with van der Waals surface area (Å²) in [7, 11) is 0. The summed E-state index contributed by atoms with van der Waals surface area (Å²) in [5.41, 5.74) is 0. The second-order valence-corrected chi connectivity index (χ2v) is 7.25. The van der Waals surface area contributed by atoms with Crippen molar-refractivity contribution >= 4 is 5.91 Å². The molecular formula is C17H27N5O3. The van der Waals surface area contributed by atoms with Gasteiger partial charge >= 0.3 is 0 Å². The van der Waals surface area contributed by atoms with Crippen LogP contribution < -0.4 is 0 Å². The molecule has 25 heavy (non-hydrogen) atoms. The molecule has 0 N–H and O–H groups in total. The van der Waals surface area contributed by atoms with Gasteiger partial charge < -0.3 is 14.2 Å². The van der Waals surface area contributed by atoms with E-state index in [9.17, 15) is 4.79 Å². The van der Waals surface area contributed by atoms with Crippen LogP contribution in [0.15, 0.2) is 4.52 Å². The van der Waals surface area contributed by atoms with E-state index in [0.29, 0.717) is 25.7 Å². The Kier molecular flexibility index (Phi) is 5.00. The third-order valence-corrected chi connectivity index (χ3v) is 5.43. The molecule has 1 saturated carbocycles. The lowest BCUT2D eigenvalue weighted by atomic mass is 10.2. The number of hydrogen-bond acceptors (Lipinski definition) is 7. The van der Waals surface area contributed by atoms with Gasteiger partial charge in [0, 0.05) is 45.2 Å². The summed E-state index contributed by atoms with van der Waals surface area (Å²) < 4.78 is 10.8. The molecule has 4 rings (SSSR count). The van der Waals surface area contributed by atoms with E-state index in [-0.39, 0.29) is 11.9 Å². The molecular weight excluding hydrogens is 322 g/mol. The monoisotopic (exact) mass is 349 g/mol. The molecule has 3 aliphatic rings. The van der Waals surface area contributed by atoms with Crippen molar-refractivity contribution in [1.29, 1.82) is 0 Å². The van der Waals surface area contributed by atoms with E-state index in [2.05, 4.69) is 26.9 Å². The molecule has 0 aromatic carbocycles. The highest BCUT2D eigenvalue weighted by Crippen LogP contribution is 2.38. The minimum atomic E-state index is 0.136. The zero-order valence-electron chi connectivity index (χ0n) is 14.9. The number of aromatic nitrogens is 2. The number of hydrogen-bond donors (Lipinski definition) is 0. The zero-order valence-corrected chi connectivity index (χ0v) is 14.9. The van der Waals surface area contributed by atoms with Gasteiger partial charge in [-0.2, -0.15) is 4.98 Å². The molecule has 1 aromatic heterocycles. The maximum Gasteiger partial charge on any atom is 0.243 e. The predicted molar refractivity (Wildman–Crippen MR) is 90.1 cm³/mol. The van der Waals surface area contributed by atoms with E-state index in [1.165, 1.54) is 12.8 Å². The molecule has 1 amide bonds. The van der Waals surface area contributed by atoms with Crippen molar-refractivity contribution < 1.29 is 14.1 Å². The zero-order chi connectivity index (χ0) is 17.2. The van der Waals surface area contributed by atoms with Crippen LogP contribution in [0, 0.1) is 0 Å². The molecule has 2 aliphatic heterocycles. The number of amides is 1. The molecule has 2 saturated heterocycles. The van der Waals surface area contributed by atoms with E-state index in [0.717, 1.165) is 51.0 Å². The first kappa shape index (κ1) is 16.9. The van der Waals surface area contributed by atoms with E-state index in [4.69, 9.17) is 9.26 Å². The number of carbonyl (C=O) groups is 1. The van der Waals surface area contributed by atoms with Gasteiger partial charge in [-0.15, -0.1) is 0 Å². The normalized spacial score (nSPS) is 24.4. The number of carbonyl (C=O) groups excluding carboxylic acids is 1. The van der Waals surface area contributed by atoms with Crippen LogP contribution in [0.4, 0.5) is 0 Å². The van der Waals surface area contributed by atoms with Crippen LogP contribution in [0.25, 0.3) is 0 Å². The Hall–Kier alpha value is -1.51. The third-order valence-electron chi connectivity index (χ3n) is 5.43. The Morgan fingerprint density at radius 1 is 1.16 bits per heavy atom. The number of piperazine rings is 1.